The molecule has 0 saturated heterocycles. The van der Waals surface area contributed by atoms with Gasteiger partial charge in [0.15, 0.2) is 17.6 Å². The number of ether oxygens (including phenoxy) is 3. The van der Waals surface area contributed by atoms with Crippen LogP contribution in [0.4, 0.5) is 0 Å². The summed E-state index contributed by atoms with van der Waals surface area (Å²) in [7, 11) is 0. The van der Waals surface area contributed by atoms with Crippen molar-refractivity contribution in [1.82, 2.24) is 9.66 Å². The zero-order valence-corrected chi connectivity index (χ0v) is 23.3. The van der Waals surface area contributed by atoms with Crippen LogP contribution in [0, 0.1) is 0 Å². The Kier molecular flexibility index (Phi) is 9.07. The number of hydrogen-bond donors (Lipinski definition) is 0. The number of esters is 1. The van der Waals surface area contributed by atoms with E-state index in [9.17, 15) is 9.59 Å². The summed E-state index contributed by atoms with van der Waals surface area (Å²) in [4.78, 5) is 29.9. The summed E-state index contributed by atoms with van der Waals surface area (Å²) in [6.45, 7) is 9.76. The van der Waals surface area contributed by atoms with E-state index in [1.54, 1.807) is 38.3 Å². The van der Waals surface area contributed by atoms with Crippen LogP contribution in [-0.4, -0.2) is 41.2 Å². The van der Waals surface area contributed by atoms with Crippen LogP contribution >= 0.6 is 31.9 Å². The van der Waals surface area contributed by atoms with E-state index >= 15 is 0 Å². The topological polar surface area (TPSA) is 92.0 Å². The van der Waals surface area contributed by atoms with E-state index in [0.29, 0.717) is 44.9 Å². The molecule has 35 heavy (non-hydrogen) atoms. The molecule has 0 spiro atoms. The van der Waals surface area contributed by atoms with Crippen molar-refractivity contribution < 1.29 is 19.0 Å². The highest BCUT2D eigenvalue weighted by atomic mass is 79.9. The van der Waals surface area contributed by atoms with Crippen molar-refractivity contribution in [3.63, 3.8) is 0 Å². The van der Waals surface area contributed by atoms with Gasteiger partial charge in [0.05, 0.1) is 34.8 Å². The van der Waals surface area contributed by atoms with Crippen LogP contribution in [0.1, 0.15) is 51.9 Å². The number of benzene rings is 2. The van der Waals surface area contributed by atoms with Gasteiger partial charge in [-0.2, -0.15) is 9.78 Å². The highest BCUT2D eigenvalue weighted by Gasteiger charge is 2.21. The predicted octanol–water partition coefficient (Wildman–Crippen LogP) is 5.66. The van der Waals surface area contributed by atoms with E-state index in [4.69, 9.17) is 14.2 Å². The van der Waals surface area contributed by atoms with E-state index < -0.39 is 12.1 Å². The molecule has 1 heterocycles. The van der Waals surface area contributed by atoms with Crippen molar-refractivity contribution in [2.24, 2.45) is 5.10 Å². The fourth-order valence-electron chi connectivity index (χ4n) is 3.30. The smallest absolute Gasteiger partial charge is 0.347 e. The van der Waals surface area contributed by atoms with Crippen LogP contribution in [0.3, 0.4) is 0 Å². The second-order valence-electron chi connectivity index (χ2n) is 7.92. The zero-order valence-electron chi connectivity index (χ0n) is 20.2. The molecule has 0 aliphatic rings. The molecule has 10 heteroatoms. The van der Waals surface area contributed by atoms with E-state index in [-0.39, 0.29) is 18.1 Å². The molecule has 0 aliphatic heterocycles. The minimum Gasteiger partial charge on any atom is -0.490 e. The highest BCUT2D eigenvalue weighted by molar-refractivity contribution is 9.10. The normalized spacial score (nSPS) is 12.3. The molecule has 0 fully saturated rings. The van der Waals surface area contributed by atoms with Gasteiger partial charge < -0.3 is 14.2 Å². The molecule has 1 aromatic heterocycles. The molecule has 0 unspecified atom stereocenters. The molecule has 3 aromatic rings. The van der Waals surface area contributed by atoms with Gasteiger partial charge in [0, 0.05) is 10.4 Å². The Bertz CT molecular complexity index is 1320. The van der Waals surface area contributed by atoms with Crippen LogP contribution in [0.15, 0.2) is 49.2 Å². The van der Waals surface area contributed by atoms with Gasteiger partial charge in [0.1, 0.15) is 5.82 Å². The Labute approximate surface area is 220 Å². The lowest BCUT2D eigenvalue weighted by atomic mass is 10.2. The van der Waals surface area contributed by atoms with Crippen molar-refractivity contribution in [3.05, 3.63) is 61.0 Å². The van der Waals surface area contributed by atoms with Crippen LogP contribution < -0.4 is 15.0 Å². The number of rotatable bonds is 9. The van der Waals surface area contributed by atoms with Crippen LogP contribution in [0.25, 0.3) is 10.9 Å². The summed E-state index contributed by atoms with van der Waals surface area (Å²) < 4.78 is 19.3. The average Bonchev–Trinajstić information content (AvgIpc) is 2.81. The van der Waals surface area contributed by atoms with Crippen LogP contribution in [0.2, 0.25) is 0 Å². The first-order valence-corrected chi connectivity index (χ1v) is 12.8. The van der Waals surface area contributed by atoms with Gasteiger partial charge in [0.2, 0.25) is 0 Å². The molecule has 1 atom stereocenters. The molecule has 2 aromatic carbocycles. The molecule has 0 bridgehead atoms. The molecule has 0 N–H and O–H groups in total. The standard InChI is InChI=1S/C25H27Br2N3O5/c1-6-33-21-11-16(10-19(27)22(21)35-15(5)25(32)34-7-2)13-28-30-23(14(3)4)29-20-9-8-17(26)12-18(20)24(30)31/h8-15H,6-7H2,1-5H3/t15-/m1/s1. The van der Waals surface area contributed by atoms with Gasteiger partial charge in [-0.05, 0) is 72.6 Å². The number of carbonyl (C=O) groups is 1. The van der Waals surface area contributed by atoms with Crippen molar-refractivity contribution >= 4 is 54.9 Å². The first kappa shape index (κ1) is 26.9. The number of hydrogen-bond acceptors (Lipinski definition) is 7. The van der Waals surface area contributed by atoms with Crippen LogP contribution in [0.5, 0.6) is 11.5 Å². The monoisotopic (exact) mass is 607 g/mol. The third-order valence-electron chi connectivity index (χ3n) is 4.92. The number of aromatic nitrogens is 2. The predicted molar refractivity (Wildman–Crippen MR) is 143 cm³/mol. The maximum atomic E-state index is 13.2. The largest absolute Gasteiger partial charge is 0.490 e. The summed E-state index contributed by atoms with van der Waals surface area (Å²) in [6.07, 6.45) is 0.741. The van der Waals surface area contributed by atoms with Crippen molar-refractivity contribution in [2.45, 2.75) is 46.6 Å². The van der Waals surface area contributed by atoms with Gasteiger partial charge >= 0.3 is 5.97 Å². The molecule has 186 valence electrons. The fourth-order valence-corrected chi connectivity index (χ4v) is 4.21. The molecule has 8 nitrogen and oxygen atoms in total. The quantitative estimate of drug-likeness (QED) is 0.230. The van der Waals surface area contributed by atoms with E-state index in [1.807, 2.05) is 32.9 Å². The third kappa shape index (κ3) is 6.29. The van der Waals surface area contributed by atoms with Crippen molar-refractivity contribution in [2.75, 3.05) is 13.2 Å². The average molecular weight is 609 g/mol. The lowest BCUT2D eigenvalue weighted by molar-refractivity contribution is -0.150. The van der Waals surface area contributed by atoms with Gasteiger partial charge in [-0.15, -0.1) is 0 Å². The Morgan fingerprint density at radius 2 is 1.89 bits per heavy atom. The zero-order chi connectivity index (χ0) is 25.7. The molecular formula is C25H27Br2N3O5. The molecule has 0 radical (unpaired) electrons. The van der Waals surface area contributed by atoms with Gasteiger partial charge in [-0.25, -0.2) is 9.78 Å². The summed E-state index contributed by atoms with van der Waals surface area (Å²) in [6, 6.07) is 8.90. The summed E-state index contributed by atoms with van der Waals surface area (Å²) in [5.41, 5.74) is 1.02. The lowest BCUT2D eigenvalue weighted by Crippen LogP contribution is -2.26. The van der Waals surface area contributed by atoms with E-state index in [0.717, 1.165) is 4.47 Å². The van der Waals surface area contributed by atoms with Gasteiger partial charge in [0.25, 0.3) is 5.56 Å². The Morgan fingerprint density at radius 3 is 2.54 bits per heavy atom. The minimum absolute atomic E-state index is 0.0289. The number of halogens is 2. The van der Waals surface area contributed by atoms with Crippen LogP contribution in [-0.2, 0) is 9.53 Å². The summed E-state index contributed by atoms with van der Waals surface area (Å²) in [5, 5.41) is 4.94. The second kappa shape index (κ2) is 11.8. The lowest BCUT2D eigenvalue weighted by Gasteiger charge is -2.18. The van der Waals surface area contributed by atoms with Gasteiger partial charge in [-0.3, -0.25) is 4.79 Å². The Hall–Kier alpha value is -2.72. The summed E-state index contributed by atoms with van der Waals surface area (Å²) in [5.74, 6) is 0.856. The highest BCUT2D eigenvalue weighted by Crippen LogP contribution is 2.37. The third-order valence-corrected chi connectivity index (χ3v) is 6.00. The minimum atomic E-state index is -0.819. The first-order chi connectivity index (χ1) is 16.7. The molecule has 0 amide bonds. The van der Waals surface area contributed by atoms with Gasteiger partial charge in [-0.1, -0.05) is 29.8 Å². The van der Waals surface area contributed by atoms with E-state index in [1.165, 1.54) is 4.68 Å². The first-order valence-electron chi connectivity index (χ1n) is 11.2. The summed E-state index contributed by atoms with van der Waals surface area (Å²) >= 11 is 6.91. The SMILES string of the molecule is CCOC(=O)[C@@H](C)Oc1c(Br)cc(C=Nn2c(C(C)C)nc3ccc(Br)cc3c2=O)cc1OCC. The second-order valence-corrected chi connectivity index (χ2v) is 9.69. The maximum Gasteiger partial charge on any atom is 0.347 e. The molecule has 0 aliphatic carbocycles. The Balaban J connectivity index is 2.04. The maximum absolute atomic E-state index is 13.2. The van der Waals surface area contributed by atoms with Crippen molar-refractivity contribution in [1.29, 1.82) is 0 Å². The van der Waals surface area contributed by atoms with Crippen molar-refractivity contribution in [3.8, 4) is 11.5 Å². The number of carbonyl (C=O) groups excluding carboxylic acids is 1. The Morgan fingerprint density at radius 1 is 1.14 bits per heavy atom. The molecular weight excluding hydrogens is 582 g/mol. The molecule has 0 saturated carbocycles. The van der Waals surface area contributed by atoms with E-state index in [2.05, 4.69) is 41.9 Å². The molecule has 3 rings (SSSR count). The number of fused-ring (bicyclic) bond motifs is 1. The number of nitrogens with zero attached hydrogens (tertiary/aromatic N) is 3. The fraction of sp³-hybridized carbons (Fsp3) is 0.360.